The zero-order valence-corrected chi connectivity index (χ0v) is 15.9. The number of rotatable bonds is 1. The smallest absolute Gasteiger partial charge is 0.0780 e. The molecule has 1 aromatic heterocycles. The number of nitrogens with zero attached hydrogens (tertiary/aromatic N) is 1. The van der Waals surface area contributed by atoms with Crippen LogP contribution in [0.1, 0.15) is 16.7 Å². The van der Waals surface area contributed by atoms with Crippen LogP contribution in [-0.2, 0) is 0 Å². The molecule has 4 aromatic carbocycles. The molecule has 0 fully saturated rings. The summed E-state index contributed by atoms with van der Waals surface area (Å²) >= 11 is 0. The molecule has 0 N–H and O–H groups in total. The van der Waals surface area contributed by atoms with Crippen molar-refractivity contribution >= 4 is 32.3 Å². The number of hydrogen-bond donors (Lipinski definition) is 0. The van der Waals surface area contributed by atoms with E-state index in [2.05, 4.69) is 87.5 Å². The van der Waals surface area contributed by atoms with Crippen LogP contribution in [0.2, 0.25) is 0 Å². The Balaban J connectivity index is 1.86. The van der Waals surface area contributed by atoms with Crippen molar-refractivity contribution in [3.63, 3.8) is 0 Å². The van der Waals surface area contributed by atoms with Crippen molar-refractivity contribution in [2.24, 2.45) is 0 Å². The molecule has 130 valence electrons. The summed E-state index contributed by atoms with van der Waals surface area (Å²) in [6.07, 6.45) is 1.94. The predicted molar refractivity (Wildman–Crippen MR) is 116 cm³/mol. The van der Waals surface area contributed by atoms with Crippen molar-refractivity contribution in [3.8, 4) is 11.3 Å². The van der Waals surface area contributed by atoms with Gasteiger partial charge in [-0.2, -0.15) is 0 Å². The maximum atomic E-state index is 4.74. The Morgan fingerprint density at radius 3 is 1.96 bits per heavy atom. The molecule has 0 aliphatic carbocycles. The largest absolute Gasteiger partial charge is 0.256 e. The SMILES string of the molecule is Cc1cc(C)cc(-c2nccc3c2ccc2c4ccc(C)cc4ccc32)c1. The second-order valence-electron chi connectivity index (χ2n) is 7.58. The second-order valence-corrected chi connectivity index (χ2v) is 7.58. The van der Waals surface area contributed by atoms with Crippen LogP contribution in [0.4, 0.5) is 0 Å². The Hall–Kier alpha value is -3.19. The van der Waals surface area contributed by atoms with Crippen LogP contribution in [-0.4, -0.2) is 4.98 Å². The Labute approximate surface area is 159 Å². The van der Waals surface area contributed by atoms with E-state index in [4.69, 9.17) is 4.98 Å². The van der Waals surface area contributed by atoms with Crippen LogP contribution in [0, 0.1) is 20.8 Å². The first-order valence-corrected chi connectivity index (χ1v) is 9.40. The van der Waals surface area contributed by atoms with Gasteiger partial charge in [0.05, 0.1) is 5.69 Å². The minimum Gasteiger partial charge on any atom is -0.256 e. The summed E-state index contributed by atoms with van der Waals surface area (Å²) in [6, 6.07) is 24.5. The summed E-state index contributed by atoms with van der Waals surface area (Å²) in [4.78, 5) is 4.74. The predicted octanol–water partition coefficient (Wildman–Crippen LogP) is 7.13. The lowest BCUT2D eigenvalue weighted by Crippen LogP contribution is -1.89. The maximum absolute atomic E-state index is 4.74. The van der Waals surface area contributed by atoms with Crippen LogP contribution in [0.15, 0.2) is 72.9 Å². The average molecular weight is 347 g/mol. The van der Waals surface area contributed by atoms with Crippen molar-refractivity contribution in [3.05, 3.63) is 89.6 Å². The van der Waals surface area contributed by atoms with Crippen LogP contribution in [0.25, 0.3) is 43.6 Å². The van der Waals surface area contributed by atoms with Gasteiger partial charge in [0.15, 0.2) is 0 Å². The number of fused-ring (bicyclic) bond motifs is 5. The highest BCUT2D eigenvalue weighted by molar-refractivity contribution is 6.18. The summed E-state index contributed by atoms with van der Waals surface area (Å²) in [5.41, 5.74) is 6.08. The number of aromatic nitrogens is 1. The molecular weight excluding hydrogens is 326 g/mol. The molecule has 0 aliphatic rings. The van der Waals surface area contributed by atoms with E-state index >= 15 is 0 Å². The van der Waals surface area contributed by atoms with Crippen LogP contribution >= 0.6 is 0 Å². The van der Waals surface area contributed by atoms with Gasteiger partial charge in [-0.1, -0.05) is 65.2 Å². The summed E-state index contributed by atoms with van der Waals surface area (Å²) < 4.78 is 0. The second kappa shape index (κ2) is 5.92. The van der Waals surface area contributed by atoms with Crippen molar-refractivity contribution in [1.29, 1.82) is 0 Å². The van der Waals surface area contributed by atoms with Crippen LogP contribution in [0.3, 0.4) is 0 Å². The van der Waals surface area contributed by atoms with E-state index in [1.807, 2.05) is 6.20 Å². The molecule has 1 heterocycles. The molecule has 0 unspecified atom stereocenters. The molecule has 5 aromatic rings. The Morgan fingerprint density at radius 2 is 1.15 bits per heavy atom. The summed E-state index contributed by atoms with van der Waals surface area (Å²) in [6.45, 7) is 6.43. The first-order valence-electron chi connectivity index (χ1n) is 9.40. The zero-order valence-electron chi connectivity index (χ0n) is 15.9. The van der Waals surface area contributed by atoms with Gasteiger partial charge in [-0.15, -0.1) is 0 Å². The van der Waals surface area contributed by atoms with Crippen LogP contribution in [0.5, 0.6) is 0 Å². The highest BCUT2D eigenvalue weighted by atomic mass is 14.7. The number of hydrogen-bond acceptors (Lipinski definition) is 1. The minimum atomic E-state index is 1.06. The van der Waals surface area contributed by atoms with E-state index < -0.39 is 0 Å². The lowest BCUT2D eigenvalue weighted by molar-refractivity contribution is 1.33. The lowest BCUT2D eigenvalue weighted by Gasteiger charge is -2.12. The first-order chi connectivity index (χ1) is 13.1. The fraction of sp³-hybridized carbons (Fsp3) is 0.115. The molecule has 0 atom stereocenters. The molecule has 0 radical (unpaired) electrons. The van der Waals surface area contributed by atoms with Gasteiger partial charge in [-0.25, -0.2) is 0 Å². The molecule has 0 amide bonds. The number of pyridine rings is 1. The Kier molecular flexibility index (Phi) is 3.51. The van der Waals surface area contributed by atoms with E-state index in [-0.39, 0.29) is 0 Å². The highest BCUT2D eigenvalue weighted by Crippen LogP contribution is 2.35. The lowest BCUT2D eigenvalue weighted by atomic mass is 9.94. The highest BCUT2D eigenvalue weighted by Gasteiger charge is 2.10. The van der Waals surface area contributed by atoms with E-state index in [0.717, 1.165) is 5.69 Å². The quantitative estimate of drug-likeness (QED) is 0.294. The molecule has 5 rings (SSSR count). The number of aryl methyl sites for hydroxylation is 3. The summed E-state index contributed by atoms with van der Waals surface area (Å²) in [5.74, 6) is 0. The van der Waals surface area contributed by atoms with E-state index in [9.17, 15) is 0 Å². The molecule has 1 heteroatoms. The monoisotopic (exact) mass is 347 g/mol. The zero-order chi connectivity index (χ0) is 18.5. The van der Waals surface area contributed by atoms with E-state index in [0.29, 0.717) is 0 Å². The first kappa shape index (κ1) is 16.0. The van der Waals surface area contributed by atoms with Gasteiger partial charge in [-0.3, -0.25) is 4.98 Å². The van der Waals surface area contributed by atoms with Crippen molar-refractivity contribution in [1.82, 2.24) is 4.98 Å². The van der Waals surface area contributed by atoms with Crippen molar-refractivity contribution < 1.29 is 0 Å². The molecule has 0 saturated carbocycles. The fourth-order valence-electron chi connectivity index (χ4n) is 4.27. The third kappa shape index (κ3) is 2.59. The van der Waals surface area contributed by atoms with Gasteiger partial charge < -0.3 is 0 Å². The molecule has 1 nitrogen and oxygen atoms in total. The number of benzene rings is 4. The topological polar surface area (TPSA) is 12.9 Å². The summed E-state index contributed by atoms with van der Waals surface area (Å²) in [7, 11) is 0. The molecule has 0 bridgehead atoms. The van der Waals surface area contributed by atoms with Gasteiger partial charge in [0.25, 0.3) is 0 Å². The minimum absolute atomic E-state index is 1.06. The van der Waals surface area contributed by atoms with E-state index in [1.54, 1.807) is 0 Å². The molecule has 0 aliphatic heterocycles. The molecule has 27 heavy (non-hydrogen) atoms. The summed E-state index contributed by atoms with van der Waals surface area (Å²) in [5, 5.41) is 7.67. The third-order valence-corrected chi connectivity index (χ3v) is 5.41. The van der Waals surface area contributed by atoms with Gasteiger partial charge in [0, 0.05) is 17.1 Å². The maximum Gasteiger partial charge on any atom is 0.0780 e. The van der Waals surface area contributed by atoms with E-state index in [1.165, 1.54) is 54.6 Å². The average Bonchev–Trinajstić information content (AvgIpc) is 2.65. The van der Waals surface area contributed by atoms with Crippen molar-refractivity contribution in [2.45, 2.75) is 20.8 Å². The standard InChI is InChI=1S/C26H21N/c1-16-4-6-21-19(13-16)5-7-23-22(21)8-9-25-24(23)10-11-27-26(25)20-14-17(2)12-18(3)15-20/h4-15H,1-3H3. The molecular formula is C26H21N. The van der Waals surface area contributed by atoms with Gasteiger partial charge in [0.1, 0.15) is 0 Å². The third-order valence-electron chi connectivity index (χ3n) is 5.41. The van der Waals surface area contributed by atoms with Gasteiger partial charge >= 0.3 is 0 Å². The Bertz CT molecular complexity index is 1330. The normalized spacial score (nSPS) is 11.5. The van der Waals surface area contributed by atoms with Gasteiger partial charge in [0.2, 0.25) is 0 Å². The Morgan fingerprint density at radius 1 is 0.519 bits per heavy atom. The van der Waals surface area contributed by atoms with Gasteiger partial charge in [-0.05, 0) is 65.9 Å². The van der Waals surface area contributed by atoms with Crippen LogP contribution < -0.4 is 0 Å². The molecule has 0 spiro atoms. The van der Waals surface area contributed by atoms with Crippen molar-refractivity contribution in [2.75, 3.05) is 0 Å². The fourth-order valence-corrected chi connectivity index (χ4v) is 4.27. The molecule has 0 saturated heterocycles.